The van der Waals surface area contributed by atoms with Gasteiger partial charge in [-0.25, -0.2) is 14.4 Å². The minimum absolute atomic E-state index is 0.0375. The first kappa shape index (κ1) is 40.2. The third-order valence-corrected chi connectivity index (χ3v) is 12.9. The average molecular weight is 737 g/mol. The van der Waals surface area contributed by atoms with Gasteiger partial charge in [-0.2, -0.15) is 5.10 Å². The molecule has 0 radical (unpaired) electrons. The third-order valence-electron chi connectivity index (χ3n) is 8.41. The van der Waals surface area contributed by atoms with Crippen molar-refractivity contribution >= 4 is 32.2 Å². The number of nitrogens with one attached hydrogen (secondary N) is 1. The molecular weight excluding hydrogens is 685 g/mol. The van der Waals surface area contributed by atoms with Crippen LogP contribution in [0.5, 0.6) is 5.75 Å². The van der Waals surface area contributed by atoms with E-state index in [1.54, 1.807) is 55.9 Å². The second-order valence-electron chi connectivity index (χ2n) is 16.2. The Morgan fingerprint density at radius 2 is 1.40 bits per heavy atom. The zero-order valence-corrected chi connectivity index (χ0v) is 33.1. The lowest BCUT2D eigenvalue weighted by Crippen LogP contribution is -2.48. The number of ether oxygens (including phenoxy) is 3. The van der Waals surface area contributed by atoms with Crippen LogP contribution in [0.4, 0.5) is 4.79 Å². The molecule has 1 aromatic heterocycles. The van der Waals surface area contributed by atoms with E-state index in [1.165, 1.54) is 12.1 Å². The Hall–Kier alpha value is -4.53. The minimum Gasteiger partial charge on any atom is -0.490 e. The highest BCUT2D eigenvalue weighted by atomic mass is 28.4. The smallest absolute Gasteiger partial charge is 0.407 e. The van der Waals surface area contributed by atoms with Crippen molar-refractivity contribution in [2.75, 3.05) is 13.2 Å². The topological polar surface area (TPSA) is 148 Å². The Bertz CT molecular complexity index is 1720. The van der Waals surface area contributed by atoms with Gasteiger partial charge in [-0.3, -0.25) is 14.3 Å². The van der Waals surface area contributed by atoms with Crippen molar-refractivity contribution in [2.24, 2.45) is 0 Å². The van der Waals surface area contributed by atoms with Crippen molar-refractivity contribution in [3.63, 3.8) is 0 Å². The number of hydrogen-bond acceptors (Lipinski definition) is 10. The lowest BCUT2D eigenvalue weighted by atomic mass is 10.1. The molecule has 3 aromatic rings. The van der Waals surface area contributed by atoms with Crippen LogP contribution < -0.4 is 10.1 Å². The van der Waals surface area contributed by atoms with Crippen LogP contribution in [-0.4, -0.2) is 83.6 Å². The van der Waals surface area contributed by atoms with E-state index in [1.807, 2.05) is 39.1 Å². The van der Waals surface area contributed by atoms with Crippen molar-refractivity contribution in [2.45, 2.75) is 110 Å². The van der Waals surface area contributed by atoms with Crippen molar-refractivity contribution < 1.29 is 42.7 Å². The molecule has 0 bridgehead atoms. The molecule has 1 aliphatic heterocycles. The lowest BCUT2D eigenvalue weighted by molar-refractivity contribution is -0.193. The Morgan fingerprint density at radius 3 is 1.94 bits per heavy atom. The summed E-state index contributed by atoms with van der Waals surface area (Å²) in [7, 11) is -2.19. The molecule has 2 aromatic carbocycles. The quantitative estimate of drug-likeness (QED) is 0.113. The second kappa shape index (κ2) is 15.6. The van der Waals surface area contributed by atoms with Crippen LogP contribution >= 0.6 is 0 Å². The number of nitrogens with zero attached hydrogens (tertiary/aromatic N) is 3. The molecule has 14 heteroatoms. The fourth-order valence-corrected chi connectivity index (χ4v) is 6.23. The number of alkyl carbamates (subject to hydrolysis) is 1. The molecule has 52 heavy (non-hydrogen) atoms. The summed E-state index contributed by atoms with van der Waals surface area (Å²) < 4.78 is 25.3. The Labute approximate surface area is 307 Å². The molecule has 282 valence electrons. The van der Waals surface area contributed by atoms with Crippen molar-refractivity contribution in [3.05, 3.63) is 72.1 Å². The number of benzene rings is 2. The van der Waals surface area contributed by atoms with Gasteiger partial charge in [0.15, 0.2) is 8.32 Å². The number of esters is 1. The molecule has 1 aliphatic rings. The molecule has 0 spiro atoms. The molecule has 2 unspecified atom stereocenters. The molecule has 2 atom stereocenters. The summed E-state index contributed by atoms with van der Waals surface area (Å²) in [5.41, 5.74) is 0.611. The second-order valence-corrected chi connectivity index (χ2v) is 21.0. The molecule has 1 N–H and O–H groups in total. The highest BCUT2D eigenvalue weighted by Crippen LogP contribution is 2.37. The number of hydrogen-bond donors (Lipinski definition) is 1. The molecule has 0 saturated heterocycles. The Kier molecular flexibility index (Phi) is 12.1. The number of aromatic nitrogens is 2. The molecule has 2 heterocycles. The molecule has 13 nitrogen and oxygen atoms in total. The molecule has 3 amide bonds. The van der Waals surface area contributed by atoms with E-state index in [4.69, 9.17) is 23.5 Å². The third kappa shape index (κ3) is 10.7. The summed E-state index contributed by atoms with van der Waals surface area (Å²) in [6.07, 6.45) is 1.38. The van der Waals surface area contributed by atoms with Crippen LogP contribution in [-0.2, 0) is 30.1 Å². The normalized spacial score (nSPS) is 14.9. The van der Waals surface area contributed by atoms with E-state index in [-0.39, 0.29) is 35.4 Å². The number of imide groups is 1. The maximum Gasteiger partial charge on any atom is 0.407 e. The first-order chi connectivity index (χ1) is 24.0. The van der Waals surface area contributed by atoms with Crippen LogP contribution in [0.2, 0.25) is 18.1 Å². The van der Waals surface area contributed by atoms with E-state index in [0.717, 1.165) is 11.1 Å². The fraction of sp³-hybridized carbons (Fsp3) is 0.500. The van der Waals surface area contributed by atoms with Gasteiger partial charge in [-0.1, -0.05) is 45.0 Å². The SMILES string of the molecule is CC(C)(C)OC(=O)NCC(Cn1cc(-c2ccc(OCC(ON3C(=O)c4ccccc4C3=O)C(=O)OC(C)(C)C)cc2)cn1)O[Si](C)(C)C(C)(C)C. The number of fused-ring (bicyclic) bond motifs is 1. The summed E-state index contributed by atoms with van der Waals surface area (Å²) in [5.74, 6) is -1.70. The fourth-order valence-electron chi connectivity index (χ4n) is 4.88. The summed E-state index contributed by atoms with van der Waals surface area (Å²) in [6, 6.07) is 13.5. The van der Waals surface area contributed by atoms with E-state index in [2.05, 4.69) is 44.3 Å². The zero-order chi connectivity index (χ0) is 38.6. The maximum absolute atomic E-state index is 13.1. The summed E-state index contributed by atoms with van der Waals surface area (Å²) in [4.78, 5) is 57.0. The van der Waals surface area contributed by atoms with Crippen LogP contribution in [0, 0.1) is 0 Å². The first-order valence-corrected chi connectivity index (χ1v) is 20.2. The summed E-state index contributed by atoms with van der Waals surface area (Å²) >= 11 is 0. The predicted molar refractivity (Wildman–Crippen MR) is 197 cm³/mol. The highest BCUT2D eigenvalue weighted by Gasteiger charge is 2.41. The average Bonchev–Trinajstić information content (AvgIpc) is 3.58. The van der Waals surface area contributed by atoms with E-state index >= 15 is 0 Å². The largest absolute Gasteiger partial charge is 0.490 e. The van der Waals surface area contributed by atoms with Crippen LogP contribution in [0.3, 0.4) is 0 Å². The number of rotatable bonds is 13. The zero-order valence-electron chi connectivity index (χ0n) is 32.1. The predicted octanol–water partition coefficient (Wildman–Crippen LogP) is 6.78. The number of amides is 3. The van der Waals surface area contributed by atoms with Gasteiger partial charge in [-0.05, 0) is 89.5 Å². The van der Waals surface area contributed by atoms with Gasteiger partial charge < -0.3 is 24.0 Å². The summed E-state index contributed by atoms with van der Waals surface area (Å²) in [6.45, 7) is 21.7. The monoisotopic (exact) mass is 736 g/mol. The highest BCUT2D eigenvalue weighted by molar-refractivity contribution is 6.74. The van der Waals surface area contributed by atoms with Crippen molar-refractivity contribution in [1.82, 2.24) is 20.2 Å². The molecule has 0 aliphatic carbocycles. The van der Waals surface area contributed by atoms with Gasteiger partial charge in [0, 0.05) is 18.3 Å². The minimum atomic E-state index is -2.19. The number of carbonyl (C=O) groups is 4. The standard InChI is InChI=1S/C38H52N4O9Si/c1-36(2,3)48-34(45)31(50-42-32(43)29-14-12-13-15-30(29)33(42)44)24-47-27-18-16-25(17-19-27)26-20-40-41(22-26)23-28(51-52(10,11)38(7,8)9)21-39-35(46)49-37(4,5)6/h12-20,22,28,31H,21,23-24H2,1-11H3,(H,39,46). The molecular formula is C38H52N4O9Si. The van der Waals surface area contributed by atoms with Crippen molar-refractivity contribution in [1.29, 1.82) is 0 Å². The van der Waals surface area contributed by atoms with E-state index < -0.39 is 49.5 Å². The van der Waals surface area contributed by atoms with Crippen molar-refractivity contribution in [3.8, 4) is 16.9 Å². The first-order valence-electron chi connectivity index (χ1n) is 17.3. The van der Waals surface area contributed by atoms with Gasteiger partial charge in [0.1, 0.15) is 23.6 Å². The van der Waals surface area contributed by atoms with Gasteiger partial charge in [0.2, 0.25) is 6.10 Å². The van der Waals surface area contributed by atoms with Gasteiger partial charge in [0.05, 0.1) is 30.0 Å². The molecule has 0 saturated carbocycles. The molecule has 0 fully saturated rings. The van der Waals surface area contributed by atoms with Gasteiger partial charge in [0.25, 0.3) is 11.8 Å². The number of hydroxylamine groups is 2. The van der Waals surface area contributed by atoms with E-state index in [0.29, 0.717) is 17.4 Å². The van der Waals surface area contributed by atoms with Crippen LogP contribution in [0.25, 0.3) is 11.1 Å². The maximum atomic E-state index is 13.1. The Morgan fingerprint density at radius 1 is 0.827 bits per heavy atom. The van der Waals surface area contributed by atoms with Crippen LogP contribution in [0.15, 0.2) is 60.9 Å². The summed E-state index contributed by atoms with van der Waals surface area (Å²) in [5, 5.41) is 7.96. The van der Waals surface area contributed by atoms with Gasteiger partial charge >= 0.3 is 12.1 Å². The van der Waals surface area contributed by atoms with E-state index in [9.17, 15) is 19.2 Å². The number of carbonyl (C=O) groups excluding carboxylic acids is 4. The van der Waals surface area contributed by atoms with Crippen LogP contribution in [0.1, 0.15) is 83.0 Å². The molecule has 4 rings (SSSR count). The van der Waals surface area contributed by atoms with Gasteiger partial charge in [-0.15, -0.1) is 5.06 Å². The Balaban J connectivity index is 1.43. The lowest BCUT2D eigenvalue weighted by Gasteiger charge is -2.39.